The van der Waals surface area contributed by atoms with Gasteiger partial charge in [-0.15, -0.1) is 0 Å². The number of benzene rings is 2. The number of rotatable bonds is 4. The number of likely N-dealkylation sites (N-methyl/N-ethyl adjacent to an activating group) is 1. The summed E-state index contributed by atoms with van der Waals surface area (Å²) >= 11 is 0. The molecule has 144 valence electrons. The van der Waals surface area contributed by atoms with Crippen molar-refractivity contribution < 1.29 is 9.32 Å². The number of nitrogens with one attached hydrogen (secondary N) is 3. The molecule has 0 saturated carbocycles. The molecule has 4 rings (SSSR count). The minimum atomic E-state index is -0.299. The lowest BCUT2D eigenvalue weighted by atomic mass is 10.2. The van der Waals surface area contributed by atoms with Crippen LogP contribution in [0.1, 0.15) is 11.9 Å². The summed E-state index contributed by atoms with van der Waals surface area (Å²) in [7, 11) is 2.06. The number of aromatic nitrogens is 2. The predicted octanol–water partition coefficient (Wildman–Crippen LogP) is 2.96. The fraction of sp³-hybridized carbons (Fsp3) is 0.250. The van der Waals surface area contributed by atoms with E-state index in [1.165, 1.54) is 0 Å². The van der Waals surface area contributed by atoms with Gasteiger partial charge in [0.1, 0.15) is 0 Å². The second-order valence-electron chi connectivity index (χ2n) is 6.68. The summed E-state index contributed by atoms with van der Waals surface area (Å²) in [5.41, 5.74) is 2.21. The van der Waals surface area contributed by atoms with Crippen molar-refractivity contribution in [1.82, 2.24) is 20.4 Å². The maximum atomic E-state index is 12.1. The number of carbonyl (C=O) groups is 1. The van der Waals surface area contributed by atoms with Gasteiger partial charge in [0.25, 0.3) is 5.89 Å². The third-order valence-corrected chi connectivity index (χ3v) is 4.67. The Morgan fingerprint density at radius 3 is 2.54 bits per heavy atom. The maximum Gasteiger partial charge on any atom is 0.323 e. The third kappa shape index (κ3) is 4.19. The summed E-state index contributed by atoms with van der Waals surface area (Å²) < 4.78 is 5.44. The zero-order valence-corrected chi connectivity index (χ0v) is 15.6. The van der Waals surface area contributed by atoms with Gasteiger partial charge in [0.15, 0.2) is 5.82 Å². The van der Waals surface area contributed by atoms with Crippen LogP contribution in [0.25, 0.3) is 11.5 Å². The van der Waals surface area contributed by atoms with Gasteiger partial charge in [-0.3, -0.25) is 4.90 Å². The van der Waals surface area contributed by atoms with Crippen molar-refractivity contribution in [3.63, 3.8) is 0 Å². The molecule has 1 saturated heterocycles. The number of carbonyl (C=O) groups excluding carboxylic acids is 1. The molecule has 1 aliphatic rings. The molecule has 1 aromatic heterocycles. The zero-order chi connectivity index (χ0) is 19.3. The van der Waals surface area contributed by atoms with E-state index >= 15 is 0 Å². The summed E-state index contributed by atoms with van der Waals surface area (Å²) in [5, 5.41) is 13.1. The molecule has 0 radical (unpaired) electrons. The van der Waals surface area contributed by atoms with Crippen LogP contribution in [0.4, 0.5) is 16.2 Å². The second kappa shape index (κ2) is 8.20. The molecule has 0 spiro atoms. The quantitative estimate of drug-likeness (QED) is 0.646. The Kier molecular flexibility index (Phi) is 5.31. The van der Waals surface area contributed by atoms with Crippen LogP contribution in [0.15, 0.2) is 59.1 Å². The molecule has 0 aliphatic carbocycles. The standard InChI is InChI=1S/C20H22N6O2/c1-26-12-11-21-13-17(26)18-24-19(28-25-18)14-7-9-16(10-8-14)23-20(27)22-15-5-3-2-4-6-15/h2-10,17,21H,11-13H2,1H3,(H2,22,23,27). The number of hydrogen-bond donors (Lipinski definition) is 3. The molecule has 3 N–H and O–H groups in total. The number of piperazine rings is 1. The van der Waals surface area contributed by atoms with Crippen molar-refractivity contribution in [1.29, 1.82) is 0 Å². The van der Waals surface area contributed by atoms with Crippen LogP contribution in [0, 0.1) is 0 Å². The topological polar surface area (TPSA) is 95.3 Å². The van der Waals surface area contributed by atoms with Crippen LogP contribution in [-0.4, -0.2) is 47.8 Å². The molecule has 2 aromatic carbocycles. The van der Waals surface area contributed by atoms with E-state index in [0.29, 0.717) is 17.4 Å². The molecule has 2 amide bonds. The summed E-state index contributed by atoms with van der Waals surface area (Å²) in [5.74, 6) is 1.14. The highest BCUT2D eigenvalue weighted by Crippen LogP contribution is 2.24. The Balaban J connectivity index is 1.40. The number of para-hydroxylation sites is 1. The number of anilines is 2. The molecule has 8 nitrogen and oxygen atoms in total. The van der Waals surface area contributed by atoms with E-state index in [0.717, 1.165) is 30.9 Å². The lowest BCUT2D eigenvalue weighted by Gasteiger charge is -2.30. The normalized spacial score (nSPS) is 17.2. The smallest absolute Gasteiger partial charge is 0.323 e. The summed E-state index contributed by atoms with van der Waals surface area (Å²) in [4.78, 5) is 18.8. The van der Waals surface area contributed by atoms with Crippen molar-refractivity contribution in [3.05, 3.63) is 60.4 Å². The molecule has 2 heterocycles. The van der Waals surface area contributed by atoms with Crippen LogP contribution < -0.4 is 16.0 Å². The number of urea groups is 1. The van der Waals surface area contributed by atoms with Crippen LogP contribution in [0.2, 0.25) is 0 Å². The average Bonchev–Trinajstić information content (AvgIpc) is 3.19. The summed E-state index contributed by atoms with van der Waals surface area (Å²) in [6.45, 7) is 2.71. The van der Waals surface area contributed by atoms with E-state index in [9.17, 15) is 4.79 Å². The minimum absolute atomic E-state index is 0.105. The highest BCUT2D eigenvalue weighted by Gasteiger charge is 2.25. The number of amides is 2. The van der Waals surface area contributed by atoms with Gasteiger partial charge in [0, 0.05) is 36.6 Å². The molecule has 28 heavy (non-hydrogen) atoms. The van der Waals surface area contributed by atoms with E-state index in [1.807, 2.05) is 42.5 Å². The van der Waals surface area contributed by atoms with Gasteiger partial charge >= 0.3 is 6.03 Å². The van der Waals surface area contributed by atoms with E-state index in [2.05, 4.69) is 38.0 Å². The van der Waals surface area contributed by atoms with E-state index in [1.54, 1.807) is 12.1 Å². The highest BCUT2D eigenvalue weighted by atomic mass is 16.5. The van der Waals surface area contributed by atoms with Crippen LogP contribution in [0.3, 0.4) is 0 Å². The number of hydrogen-bond acceptors (Lipinski definition) is 6. The van der Waals surface area contributed by atoms with E-state index in [4.69, 9.17) is 4.52 Å². The Bertz CT molecular complexity index is 925. The van der Waals surface area contributed by atoms with Crippen LogP contribution >= 0.6 is 0 Å². The zero-order valence-electron chi connectivity index (χ0n) is 15.6. The van der Waals surface area contributed by atoms with Crippen molar-refractivity contribution in [2.45, 2.75) is 6.04 Å². The van der Waals surface area contributed by atoms with Crippen molar-refractivity contribution in [3.8, 4) is 11.5 Å². The first-order chi connectivity index (χ1) is 13.7. The van der Waals surface area contributed by atoms with Crippen LogP contribution in [-0.2, 0) is 0 Å². The monoisotopic (exact) mass is 378 g/mol. The van der Waals surface area contributed by atoms with Gasteiger partial charge in [-0.25, -0.2) is 4.79 Å². The molecule has 0 bridgehead atoms. The first kappa shape index (κ1) is 18.1. The first-order valence-electron chi connectivity index (χ1n) is 9.17. The SMILES string of the molecule is CN1CCNCC1c1noc(-c2ccc(NC(=O)Nc3ccccc3)cc2)n1. The molecular weight excluding hydrogens is 356 g/mol. The Morgan fingerprint density at radius 1 is 1.11 bits per heavy atom. The van der Waals surface area contributed by atoms with E-state index < -0.39 is 0 Å². The first-order valence-corrected chi connectivity index (χ1v) is 9.17. The molecule has 8 heteroatoms. The lowest BCUT2D eigenvalue weighted by molar-refractivity contribution is 0.190. The fourth-order valence-electron chi connectivity index (χ4n) is 3.09. The van der Waals surface area contributed by atoms with Gasteiger partial charge in [0.05, 0.1) is 6.04 Å². The molecule has 1 unspecified atom stereocenters. The highest BCUT2D eigenvalue weighted by molar-refractivity contribution is 5.99. The van der Waals surface area contributed by atoms with Gasteiger partial charge in [-0.1, -0.05) is 23.4 Å². The third-order valence-electron chi connectivity index (χ3n) is 4.67. The van der Waals surface area contributed by atoms with Gasteiger partial charge < -0.3 is 20.5 Å². The van der Waals surface area contributed by atoms with Crippen molar-refractivity contribution >= 4 is 17.4 Å². The molecule has 1 fully saturated rings. The van der Waals surface area contributed by atoms with E-state index in [-0.39, 0.29) is 12.1 Å². The van der Waals surface area contributed by atoms with Crippen molar-refractivity contribution in [2.24, 2.45) is 0 Å². The number of nitrogens with zero attached hydrogens (tertiary/aromatic N) is 3. The Hall–Kier alpha value is -3.23. The minimum Gasteiger partial charge on any atom is -0.334 e. The Labute approximate surface area is 162 Å². The largest absolute Gasteiger partial charge is 0.334 e. The summed E-state index contributed by atoms with van der Waals surface area (Å²) in [6.07, 6.45) is 0. The summed E-state index contributed by atoms with van der Waals surface area (Å²) in [6, 6.07) is 16.4. The Morgan fingerprint density at radius 2 is 1.82 bits per heavy atom. The fourth-order valence-corrected chi connectivity index (χ4v) is 3.09. The molecule has 3 aromatic rings. The molecule has 1 aliphatic heterocycles. The predicted molar refractivity (Wildman–Crippen MR) is 107 cm³/mol. The van der Waals surface area contributed by atoms with Gasteiger partial charge in [0.2, 0.25) is 0 Å². The van der Waals surface area contributed by atoms with Gasteiger partial charge in [-0.05, 0) is 43.4 Å². The van der Waals surface area contributed by atoms with Crippen LogP contribution in [0.5, 0.6) is 0 Å². The molecular formula is C20H22N6O2. The second-order valence-corrected chi connectivity index (χ2v) is 6.68. The van der Waals surface area contributed by atoms with Crippen molar-refractivity contribution in [2.75, 3.05) is 37.3 Å². The maximum absolute atomic E-state index is 12.1. The average molecular weight is 378 g/mol. The molecule has 1 atom stereocenters. The lowest BCUT2D eigenvalue weighted by Crippen LogP contribution is -2.44. The van der Waals surface area contributed by atoms with Gasteiger partial charge in [-0.2, -0.15) is 4.98 Å².